The Morgan fingerprint density at radius 2 is 1.78 bits per heavy atom. The average molecular weight is 389 g/mol. The SMILES string of the molecule is CC(N)(C(=O)Nc1cccc(S(=O)(=O)N2CCOCC2)c1)c1ccccc1. The van der Waals surface area contributed by atoms with Crippen LogP contribution in [0.1, 0.15) is 12.5 Å². The van der Waals surface area contributed by atoms with Crippen molar-refractivity contribution in [3.05, 3.63) is 60.2 Å². The normalized spacial score (nSPS) is 17.9. The molecule has 1 fully saturated rings. The van der Waals surface area contributed by atoms with Crippen molar-refractivity contribution in [2.75, 3.05) is 31.6 Å². The molecule has 0 aliphatic carbocycles. The van der Waals surface area contributed by atoms with Crippen molar-refractivity contribution < 1.29 is 17.9 Å². The second kappa shape index (κ2) is 7.77. The van der Waals surface area contributed by atoms with Gasteiger partial charge in [0.2, 0.25) is 15.9 Å². The number of ether oxygens (including phenoxy) is 1. The highest BCUT2D eigenvalue weighted by Gasteiger charge is 2.31. The molecule has 27 heavy (non-hydrogen) atoms. The van der Waals surface area contributed by atoms with E-state index in [9.17, 15) is 13.2 Å². The third kappa shape index (κ3) is 4.19. The van der Waals surface area contributed by atoms with Crippen LogP contribution < -0.4 is 11.1 Å². The van der Waals surface area contributed by atoms with Gasteiger partial charge in [-0.25, -0.2) is 8.42 Å². The molecular formula is C19H23N3O4S. The topological polar surface area (TPSA) is 102 Å². The summed E-state index contributed by atoms with van der Waals surface area (Å²) < 4.78 is 32.1. The highest BCUT2D eigenvalue weighted by atomic mass is 32.2. The molecule has 144 valence electrons. The molecule has 0 aromatic heterocycles. The van der Waals surface area contributed by atoms with Gasteiger partial charge in [0.05, 0.1) is 18.1 Å². The first-order valence-electron chi connectivity index (χ1n) is 8.65. The average Bonchev–Trinajstić information content (AvgIpc) is 2.69. The van der Waals surface area contributed by atoms with Crippen molar-refractivity contribution in [1.82, 2.24) is 4.31 Å². The lowest BCUT2D eigenvalue weighted by atomic mass is 9.92. The molecule has 1 heterocycles. The molecule has 0 saturated carbocycles. The first-order chi connectivity index (χ1) is 12.8. The largest absolute Gasteiger partial charge is 0.379 e. The number of sulfonamides is 1. The highest BCUT2D eigenvalue weighted by molar-refractivity contribution is 7.89. The monoisotopic (exact) mass is 389 g/mol. The number of nitrogens with one attached hydrogen (secondary N) is 1. The van der Waals surface area contributed by atoms with E-state index in [0.717, 1.165) is 0 Å². The van der Waals surface area contributed by atoms with Gasteiger partial charge < -0.3 is 15.8 Å². The Kier molecular flexibility index (Phi) is 5.61. The zero-order valence-electron chi connectivity index (χ0n) is 15.1. The van der Waals surface area contributed by atoms with Crippen molar-refractivity contribution in [1.29, 1.82) is 0 Å². The van der Waals surface area contributed by atoms with Crippen molar-refractivity contribution in [2.45, 2.75) is 17.4 Å². The third-order valence-electron chi connectivity index (χ3n) is 4.54. The maximum atomic E-state index is 12.8. The first-order valence-corrected chi connectivity index (χ1v) is 10.1. The van der Waals surface area contributed by atoms with Crippen LogP contribution in [-0.4, -0.2) is 44.9 Å². The molecule has 0 radical (unpaired) electrons. The number of benzene rings is 2. The Morgan fingerprint density at radius 3 is 2.44 bits per heavy atom. The van der Waals surface area contributed by atoms with E-state index in [-0.39, 0.29) is 4.90 Å². The van der Waals surface area contributed by atoms with Gasteiger partial charge in [0.25, 0.3) is 0 Å². The Hall–Kier alpha value is -2.26. The Balaban J connectivity index is 1.81. The van der Waals surface area contributed by atoms with Crippen LogP contribution in [0.3, 0.4) is 0 Å². The van der Waals surface area contributed by atoms with Crippen LogP contribution in [-0.2, 0) is 25.1 Å². The molecule has 1 amide bonds. The van der Waals surface area contributed by atoms with Crippen LogP contribution in [0, 0.1) is 0 Å². The molecule has 2 aromatic rings. The summed E-state index contributed by atoms with van der Waals surface area (Å²) in [6.45, 7) is 2.99. The minimum absolute atomic E-state index is 0.126. The molecule has 1 saturated heterocycles. The lowest BCUT2D eigenvalue weighted by Gasteiger charge is -2.26. The van der Waals surface area contributed by atoms with E-state index in [2.05, 4.69) is 5.32 Å². The fourth-order valence-corrected chi connectivity index (χ4v) is 4.30. The standard InChI is InChI=1S/C19H23N3O4S/c1-19(20,15-6-3-2-4-7-15)18(23)21-16-8-5-9-17(14-16)27(24,25)22-10-12-26-13-11-22/h2-9,14H,10-13,20H2,1H3,(H,21,23). The van der Waals surface area contributed by atoms with E-state index in [0.29, 0.717) is 37.6 Å². The smallest absolute Gasteiger partial charge is 0.248 e. The number of hydrogen-bond acceptors (Lipinski definition) is 5. The van der Waals surface area contributed by atoms with Gasteiger partial charge in [-0.2, -0.15) is 4.31 Å². The number of carbonyl (C=O) groups excluding carboxylic acids is 1. The van der Waals surface area contributed by atoms with E-state index < -0.39 is 21.5 Å². The van der Waals surface area contributed by atoms with E-state index >= 15 is 0 Å². The summed E-state index contributed by atoms with van der Waals surface area (Å²) in [5.41, 5.74) is 6.01. The maximum Gasteiger partial charge on any atom is 0.248 e. The molecule has 0 spiro atoms. The quantitative estimate of drug-likeness (QED) is 0.807. The Labute approximate surface area is 159 Å². The van der Waals surface area contributed by atoms with Crippen LogP contribution in [0.5, 0.6) is 0 Å². The first kappa shape index (κ1) is 19.5. The number of carbonyl (C=O) groups is 1. The van der Waals surface area contributed by atoms with Crippen LogP contribution in [0.4, 0.5) is 5.69 Å². The minimum atomic E-state index is -3.64. The molecule has 1 atom stereocenters. The number of anilines is 1. The number of rotatable bonds is 5. The van der Waals surface area contributed by atoms with E-state index in [1.54, 1.807) is 31.2 Å². The van der Waals surface area contributed by atoms with Gasteiger partial charge in [0, 0.05) is 18.8 Å². The molecule has 8 heteroatoms. The predicted molar refractivity (Wildman–Crippen MR) is 103 cm³/mol. The van der Waals surface area contributed by atoms with Crippen LogP contribution in [0.2, 0.25) is 0 Å². The van der Waals surface area contributed by atoms with E-state index in [1.807, 2.05) is 18.2 Å². The molecular weight excluding hydrogens is 366 g/mol. The molecule has 1 aliphatic heterocycles. The van der Waals surface area contributed by atoms with Gasteiger partial charge in [-0.3, -0.25) is 4.79 Å². The molecule has 0 bridgehead atoms. The minimum Gasteiger partial charge on any atom is -0.379 e. The lowest BCUT2D eigenvalue weighted by Crippen LogP contribution is -2.45. The van der Waals surface area contributed by atoms with Crippen molar-refractivity contribution >= 4 is 21.6 Å². The van der Waals surface area contributed by atoms with Gasteiger partial charge in [0.15, 0.2) is 0 Å². The Bertz CT molecular complexity index is 908. The molecule has 2 aromatic carbocycles. The molecule has 3 rings (SSSR count). The summed E-state index contributed by atoms with van der Waals surface area (Å²) in [7, 11) is -3.64. The summed E-state index contributed by atoms with van der Waals surface area (Å²) in [6, 6.07) is 15.2. The van der Waals surface area contributed by atoms with Crippen LogP contribution >= 0.6 is 0 Å². The highest BCUT2D eigenvalue weighted by Crippen LogP contribution is 2.23. The summed E-state index contributed by atoms with van der Waals surface area (Å²) in [5.74, 6) is -0.422. The van der Waals surface area contributed by atoms with Crippen molar-refractivity contribution in [2.24, 2.45) is 5.73 Å². The molecule has 1 aliphatic rings. The van der Waals surface area contributed by atoms with Gasteiger partial charge >= 0.3 is 0 Å². The summed E-state index contributed by atoms with van der Waals surface area (Å²) in [6.07, 6.45) is 0. The second-order valence-electron chi connectivity index (χ2n) is 6.57. The fraction of sp³-hybridized carbons (Fsp3) is 0.316. The molecule has 3 N–H and O–H groups in total. The van der Waals surface area contributed by atoms with E-state index in [1.165, 1.54) is 16.4 Å². The van der Waals surface area contributed by atoms with E-state index in [4.69, 9.17) is 10.5 Å². The predicted octanol–water partition coefficient (Wildman–Crippen LogP) is 1.52. The zero-order chi connectivity index (χ0) is 19.5. The summed E-state index contributed by atoms with van der Waals surface area (Å²) in [5, 5.41) is 2.72. The van der Waals surface area contributed by atoms with Gasteiger partial charge in [0.1, 0.15) is 5.54 Å². The van der Waals surface area contributed by atoms with Crippen LogP contribution in [0.25, 0.3) is 0 Å². The second-order valence-corrected chi connectivity index (χ2v) is 8.50. The van der Waals surface area contributed by atoms with Gasteiger partial charge in [-0.05, 0) is 30.7 Å². The van der Waals surface area contributed by atoms with Crippen molar-refractivity contribution in [3.63, 3.8) is 0 Å². The van der Waals surface area contributed by atoms with Crippen LogP contribution in [0.15, 0.2) is 59.5 Å². The number of nitrogens with two attached hydrogens (primary N) is 1. The number of nitrogens with zero attached hydrogens (tertiary/aromatic N) is 1. The number of morpholine rings is 1. The zero-order valence-corrected chi connectivity index (χ0v) is 15.9. The fourth-order valence-electron chi connectivity index (χ4n) is 2.85. The van der Waals surface area contributed by atoms with Gasteiger partial charge in [-0.1, -0.05) is 36.4 Å². The Morgan fingerprint density at radius 1 is 1.11 bits per heavy atom. The third-order valence-corrected chi connectivity index (χ3v) is 6.44. The number of hydrogen-bond donors (Lipinski definition) is 2. The summed E-state index contributed by atoms with van der Waals surface area (Å²) in [4.78, 5) is 12.8. The summed E-state index contributed by atoms with van der Waals surface area (Å²) >= 11 is 0. The van der Waals surface area contributed by atoms with Crippen molar-refractivity contribution in [3.8, 4) is 0 Å². The number of amides is 1. The molecule has 7 nitrogen and oxygen atoms in total. The lowest BCUT2D eigenvalue weighted by molar-refractivity contribution is -0.120. The van der Waals surface area contributed by atoms with Gasteiger partial charge in [-0.15, -0.1) is 0 Å². The molecule has 1 unspecified atom stereocenters. The maximum absolute atomic E-state index is 12.8.